The van der Waals surface area contributed by atoms with Gasteiger partial charge in [0.1, 0.15) is 12.6 Å². The van der Waals surface area contributed by atoms with E-state index < -0.39 is 23.9 Å². The average Bonchev–Trinajstić information content (AvgIpc) is 3.64. The molecule has 0 aliphatic carbocycles. The van der Waals surface area contributed by atoms with E-state index in [-0.39, 0.29) is 24.2 Å². The van der Waals surface area contributed by atoms with E-state index in [9.17, 15) is 14.4 Å². The van der Waals surface area contributed by atoms with E-state index in [1.807, 2.05) is 66.1 Å². The number of nitrogens with zero attached hydrogens (tertiary/aromatic N) is 2. The second-order valence-corrected chi connectivity index (χ2v) is 11.3. The van der Waals surface area contributed by atoms with Crippen LogP contribution in [0.2, 0.25) is 5.02 Å². The Morgan fingerprint density at radius 2 is 1.75 bits per heavy atom. The zero-order valence-electron chi connectivity index (χ0n) is 22.2. The van der Waals surface area contributed by atoms with E-state index in [2.05, 4.69) is 5.32 Å². The number of methoxy groups -OCH3 is 1. The summed E-state index contributed by atoms with van der Waals surface area (Å²) in [5.74, 6) is -1.87. The number of likely N-dealkylation sites (tertiary alicyclic amines) is 1. The van der Waals surface area contributed by atoms with Crippen molar-refractivity contribution in [1.29, 1.82) is 0 Å². The van der Waals surface area contributed by atoms with Crippen molar-refractivity contribution in [2.45, 2.75) is 18.0 Å². The molecule has 9 heteroatoms. The molecule has 208 valence electrons. The Balaban J connectivity index is 1.69. The van der Waals surface area contributed by atoms with E-state index in [1.165, 1.54) is 18.4 Å². The first-order valence-corrected chi connectivity index (χ1v) is 14.6. The molecule has 2 amide bonds. The van der Waals surface area contributed by atoms with Crippen LogP contribution < -0.4 is 5.32 Å². The fraction of sp³-hybridized carbons (Fsp3) is 0.323. The minimum atomic E-state index is -0.888. The summed E-state index contributed by atoms with van der Waals surface area (Å²) in [6.07, 6.45) is 3.82. The topological polar surface area (TPSA) is 79.0 Å². The van der Waals surface area contributed by atoms with E-state index >= 15 is 0 Å². The second kappa shape index (κ2) is 12.9. The molecular formula is C31H32ClN3O4S. The number of hydrogen-bond acceptors (Lipinski definition) is 6. The van der Waals surface area contributed by atoms with Gasteiger partial charge in [0.25, 0.3) is 0 Å². The summed E-state index contributed by atoms with van der Waals surface area (Å²) in [4.78, 5) is 46.4. The number of rotatable bonds is 8. The van der Waals surface area contributed by atoms with E-state index in [1.54, 1.807) is 28.0 Å². The molecule has 1 aromatic heterocycles. The maximum absolute atomic E-state index is 14.3. The van der Waals surface area contributed by atoms with Gasteiger partial charge in [-0.1, -0.05) is 72.3 Å². The van der Waals surface area contributed by atoms with Crippen molar-refractivity contribution >= 4 is 46.6 Å². The van der Waals surface area contributed by atoms with Crippen molar-refractivity contribution in [2.75, 3.05) is 39.9 Å². The van der Waals surface area contributed by atoms with Crippen molar-refractivity contribution in [3.8, 4) is 0 Å². The zero-order chi connectivity index (χ0) is 28.1. The van der Waals surface area contributed by atoms with Crippen LogP contribution in [0.25, 0.3) is 6.08 Å². The van der Waals surface area contributed by atoms with E-state index in [4.69, 9.17) is 16.3 Å². The van der Waals surface area contributed by atoms with E-state index in [0.29, 0.717) is 36.1 Å². The SMILES string of the molecule is COCC(=O)N1C(C=Cc2ccccc2)C(C(=O)c2cccs2)C(c2ccc(Cl)cc2)C1C(=O)N1CCNCC1. The van der Waals surface area contributed by atoms with Crippen molar-refractivity contribution in [1.82, 2.24) is 15.1 Å². The number of Topliss-reactive ketones (excluding diaryl/α,β-unsaturated/α-hetero) is 1. The molecule has 0 bridgehead atoms. The van der Waals surface area contributed by atoms with Crippen molar-refractivity contribution in [2.24, 2.45) is 5.92 Å². The van der Waals surface area contributed by atoms with Crippen LogP contribution >= 0.6 is 22.9 Å². The van der Waals surface area contributed by atoms with Crippen LogP contribution in [0.5, 0.6) is 0 Å². The molecule has 3 aromatic rings. The predicted molar refractivity (Wildman–Crippen MR) is 158 cm³/mol. The molecule has 2 saturated heterocycles. The monoisotopic (exact) mass is 577 g/mol. The first kappa shape index (κ1) is 28.2. The molecule has 0 radical (unpaired) electrons. The average molecular weight is 578 g/mol. The lowest BCUT2D eigenvalue weighted by atomic mass is 9.78. The Morgan fingerprint density at radius 3 is 2.40 bits per heavy atom. The summed E-state index contributed by atoms with van der Waals surface area (Å²) in [7, 11) is 1.46. The fourth-order valence-corrected chi connectivity index (χ4v) is 6.61. The third-order valence-electron chi connectivity index (χ3n) is 7.56. The van der Waals surface area contributed by atoms with Crippen molar-refractivity contribution < 1.29 is 19.1 Å². The second-order valence-electron chi connectivity index (χ2n) is 9.96. The lowest BCUT2D eigenvalue weighted by molar-refractivity contribution is -0.147. The molecule has 2 aromatic carbocycles. The summed E-state index contributed by atoms with van der Waals surface area (Å²) in [6.45, 7) is 2.20. The third kappa shape index (κ3) is 5.90. The largest absolute Gasteiger partial charge is 0.375 e. The summed E-state index contributed by atoms with van der Waals surface area (Å²) in [5, 5.41) is 5.71. The number of halogens is 1. The Bertz CT molecular complexity index is 1340. The molecule has 1 N–H and O–H groups in total. The lowest BCUT2D eigenvalue weighted by Gasteiger charge is -2.36. The number of benzene rings is 2. The third-order valence-corrected chi connectivity index (χ3v) is 8.70. The van der Waals surface area contributed by atoms with Crippen LogP contribution in [0.4, 0.5) is 0 Å². The highest BCUT2D eigenvalue weighted by Crippen LogP contribution is 2.46. The lowest BCUT2D eigenvalue weighted by Crippen LogP contribution is -2.56. The van der Waals surface area contributed by atoms with Crippen LogP contribution in [-0.4, -0.2) is 79.4 Å². The Labute approximate surface area is 243 Å². The van der Waals surface area contributed by atoms with Gasteiger partial charge in [-0.2, -0.15) is 0 Å². The molecule has 2 aliphatic rings. The smallest absolute Gasteiger partial charge is 0.249 e. The van der Waals surface area contributed by atoms with Crippen LogP contribution in [0.15, 0.2) is 78.2 Å². The first-order chi connectivity index (χ1) is 19.5. The first-order valence-electron chi connectivity index (χ1n) is 13.4. The minimum Gasteiger partial charge on any atom is -0.375 e. The number of amides is 2. The Kier molecular flexibility index (Phi) is 9.11. The number of thiophene rings is 1. The van der Waals surface area contributed by atoms with Gasteiger partial charge in [0, 0.05) is 44.2 Å². The molecule has 0 spiro atoms. The van der Waals surface area contributed by atoms with Gasteiger partial charge in [-0.05, 0) is 34.7 Å². The van der Waals surface area contributed by atoms with Gasteiger partial charge < -0.3 is 19.9 Å². The van der Waals surface area contributed by atoms with Crippen LogP contribution in [0.3, 0.4) is 0 Å². The highest BCUT2D eigenvalue weighted by Gasteiger charge is 2.56. The number of ketones is 1. The van der Waals surface area contributed by atoms with Gasteiger partial charge in [-0.3, -0.25) is 14.4 Å². The molecule has 4 atom stereocenters. The van der Waals surface area contributed by atoms with E-state index in [0.717, 1.165) is 11.1 Å². The molecule has 3 heterocycles. The standard InChI is InChI=1S/C31H32ClN3O4S/c1-39-20-26(36)35-24(14-9-21-6-3-2-4-7-21)28(30(37)25-8-5-19-40-25)27(22-10-12-23(32)13-11-22)29(35)31(38)34-17-15-33-16-18-34/h2-14,19,24,27-29,33H,15-18,20H2,1H3. The maximum atomic E-state index is 14.3. The van der Waals surface area contributed by atoms with Crippen LogP contribution in [0.1, 0.15) is 26.7 Å². The Hall–Kier alpha value is -3.30. The normalized spacial score (nSPS) is 23.1. The predicted octanol–water partition coefficient (Wildman–Crippen LogP) is 4.36. The van der Waals surface area contributed by atoms with Crippen molar-refractivity contribution in [3.63, 3.8) is 0 Å². The van der Waals surface area contributed by atoms with Gasteiger partial charge in [-0.15, -0.1) is 11.3 Å². The summed E-state index contributed by atoms with van der Waals surface area (Å²) < 4.78 is 5.27. The molecule has 2 fully saturated rings. The van der Waals surface area contributed by atoms with Gasteiger partial charge >= 0.3 is 0 Å². The molecule has 5 rings (SSSR count). The molecule has 4 unspecified atom stereocenters. The molecule has 2 aliphatic heterocycles. The summed E-state index contributed by atoms with van der Waals surface area (Å²) >= 11 is 7.61. The molecule has 0 saturated carbocycles. The fourth-order valence-electron chi connectivity index (χ4n) is 5.77. The number of ether oxygens (including phenoxy) is 1. The van der Waals surface area contributed by atoms with Crippen LogP contribution in [-0.2, 0) is 14.3 Å². The molecule has 7 nitrogen and oxygen atoms in total. The Morgan fingerprint density at radius 1 is 1.02 bits per heavy atom. The number of hydrogen-bond donors (Lipinski definition) is 1. The summed E-state index contributed by atoms with van der Waals surface area (Å²) in [6, 6.07) is 19.1. The zero-order valence-corrected chi connectivity index (χ0v) is 23.8. The number of carbonyl (C=O) groups is 3. The number of piperazine rings is 1. The number of nitrogens with one attached hydrogen (secondary N) is 1. The quantitative estimate of drug-likeness (QED) is 0.403. The highest BCUT2D eigenvalue weighted by molar-refractivity contribution is 7.12. The van der Waals surface area contributed by atoms with Gasteiger partial charge in [0.05, 0.1) is 16.8 Å². The van der Waals surface area contributed by atoms with Crippen molar-refractivity contribution in [3.05, 3.63) is 99.2 Å². The molecule has 40 heavy (non-hydrogen) atoms. The molecular weight excluding hydrogens is 546 g/mol. The maximum Gasteiger partial charge on any atom is 0.249 e. The van der Waals surface area contributed by atoms with Gasteiger partial charge in [0.15, 0.2) is 5.78 Å². The van der Waals surface area contributed by atoms with Gasteiger partial charge in [-0.25, -0.2) is 0 Å². The van der Waals surface area contributed by atoms with Gasteiger partial charge in [0.2, 0.25) is 11.8 Å². The van der Waals surface area contributed by atoms with Crippen LogP contribution in [0, 0.1) is 5.92 Å². The highest BCUT2D eigenvalue weighted by atomic mass is 35.5. The summed E-state index contributed by atoms with van der Waals surface area (Å²) in [5.41, 5.74) is 1.72. The number of carbonyl (C=O) groups excluding carboxylic acids is 3. The minimum absolute atomic E-state index is 0.0940.